The highest BCUT2D eigenvalue weighted by Crippen LogP contribution is 2.22. The van der Waals surface area contributed by atoms with Crippen molar-refractivity contribution in [3.8, 4) is 0 Å². The molecule has 0 bridgehead atoms. The molecule has 136 valence electrons. The van der Waals surface area contributed by atoms with E-state index in [0.717, 1.165) is 6.54 Å². The molecule has 2 heterocycles. The molecule has 0 aliphatic carbocycles. The number of aromatic nitrogens is 1. The standard InChI is InChI=1S/C17H19FN4O.2ClH/c1-12-11-22(10-9-19-12)17(23)13-5-4-8-20-16(13)21-15-7-3-2-6-14(15)18;;/h2-8,12,19H,9-11H2,1H3,(H,20,21);2*1H. The predicted molar refractivity (Wildman–Crippen MR) is 102 cm³/mol. The first-order chi connectivity index (χ1) is 11.1. The number of para-hydroxylation sites is 1. The van der Waals surface area contributed by atoms with Gasteiger partial charge in [0.15, 0.2) is 0 Å². The number of hydrogen-bond acceptors (Lipinski definition) is 4. The molecule has 1 amide bonds. The Morgan fingerprint density at radius 2 is 2.04 bits per heavy atom. The van der Waals surface area contributed by atoms with Crippen LogP contribution < -0.4 is 10.6 Å². The third-order valence-electron chi connectivity index (χ3n) is 3.82. The number of rotatable bonds is 3. The van der Waals surface area contributed by atoms with Gasteiger partial charge in [0.2, 0.25) is 0 Å². The molecular weight excluding hydrogens is 366 g/mol. The summed E-state index contributed by atoms with van der Waals surface area (Å²) in [5.74, 6) is -0.105. The second kappa shape index (κ2) is 9.56. The average molecular weight is 387 g/mol. The number of piperazine rings is 1. The van der Waals surface area contributed by atoms with Crippen molar-refractivity contribution in [2.75, 3.05) is 25.0 Å². The van der Waals surface area contributed by atoms with E-state index in [1.54, 1.807) is 41.4 Å². The van der Waals surface area contributed by atoms with Gasteiger partial charge in [-0.05, 0) is 31.2 Å². The molecule has 8 heteroatoms. The van der Waals surface area contributed by atoms with Gasteiger partial charge in [-0.25, -0.2) is 9.37 Å². The molecular formula is C17H21Cl2FN4O. The van der Waals surface area contributed by atoms with E-state index >= 15 is 0 Å². The van der Waals surface area contributed by atoms with Gasteiger partial charge in [0.25, 0.3) is 5.91 Å². The molecule has 1 unspecified atom stereocenters. The molecule has 1 aliphatic rings. The van der Waals surface area contributed by atoms with Gasteiger partial charge in [-0.3, -0.25) is 4.79 Å². The molecule has 1 atom stereocenters. The van der Waals surface area contributed by atoms with E-state index in [2.05, 4.69) is 15.6 Å². The van der Waals surface area contributed by atoms with Crippen LogP contribution in [0.3, 0.4) is 0 Å². The minimum Gasteiger partial charge on any atom is -0.337 e. The van der Waals surface area contributed by atoms with E-state index in [0.29, 0.717) is 30.2 Å². The summed E-state index contributed by atoms with van der Waals surface area (Å²) in [6.45, 7) is 4.11. The number of benzene rings is 1. The minimum atomic E-state index is -0.382. The summed E-state index contributed by atoms with van der Waals surface area (Å²) in [6, 6.07) is 10.0. The molecule has 1 saturated heterocycles. The largest absolute Gasteiger partial charge is 0.337 e. The zero-order valence-electron chi connectivity index (χ0n) is 13.7. The number of hydrogen-bond donors (Lipinski definition) is 2. The second-order valence-electron chi connectivity index (χ2n) is 5.61. The van der Waals surface area contributed by atoms with Crippen LogP contribution in [0.1, 0.15) is 17.3 Å². The Bertz CT molecular complexity index is 717. The normalized spacial score (nSPS) is 16.4. The number of pyridine rings is 1. The fourth-order valence-corrected chi connectivity index (χ4v) is 2.65. The average Bonchev–Trinajstić information content (AvgIpc) is 2.57. The summed E-state index contributed by atoms with van der Waals surface area (Å²) in [5, 5.41) is 6.23. The molecule has 25 heavy (non-hydrogen) atoms. The highest BCUT2D eigenvalue weighted by Gasteiger charge is 2.24. The highest BCUT2D eigenvalue weighted by atomic mass is 35.5. The van der Waals surface area contributed by atoms with Crippen molar-refractivity contribution >= 4 is 42.2 Å². The Balaban J connectivity index is 0.00000156. The third-order valence-corrected chi connectivity index (χ3v) is 3.82. The zero-order chi connectivity index (χ0) is 16.2. The molecule has 0 radical (unpaired) electrons. The lowest BCUT2D eigenvalue weighted by molar-refractivity contribution is 0.0710. The van der Waals surface area contributed by atoms with Crippen molar-refractivity contribution in [3.05, 3.63) is 54.0 Å². The molecule has 1 aromatic heterocycles. The quantitative estimate of drug-likeness (QED) is 0.849. The molecule has 0 saturated carbocycles. The van der Waals surface area contributed by atoms with E-state index < -0.39 is 0 Å². The smallest absolute Gasteiger partial charge is 0.257 e. The number of nitrogens with one attached hydrogen (secondary N) is 2. The van der Waals surface area contributed by atoms with Gasteiger partial charge < -0.3 is 15.5 Å². The fraction of sp³-hybridized carbons (Fsp3) is 0.294. The number of carbonyl (C=O) groups excluding carboxylic acids is 1. The maximum Gasteiger partial charge on any atom is 0.257 e. The molecule has 1 fully saturated rings. The fourth-order valence-electron chi connectivity index (χ4n) is 2.65. The lowest BCUT2D eigenvalue weighted by Crippen LogP contribution is -2.51. The van der Waals surface area contributed by atoms with Gasteiger partial charge in [0.05, 0.1) is 11.3 Å². The van der Waals surface area contributed by atoms with E-state index in [-0.39, 0.29) is 42.6 Å². The van der Waals surface area contributed by atoms with Gasteiger partial charge in [-0.1, -0.05) is 12.1 Å². The van der Waals surface area contributed by atoms with Crippen molar-refractivity contribution in [1.82, 2.24) is 15.2 Å². The SMILES string of the molecule is CC1CN(C(=O)c2cccnc2Nc2ccccc2F)CCN1.Cl.Cl. The van der Waals surface area contributed by atoms with Crippen LogP contribution in [0.5, 0.6) is 0 Å². The molecule has 3 rings (SSSR count). The van der Waals surface area contributed by atoms with Crippen LogP contribution in [0.4, 0.5) is 15.9 Å². The first-order valence-corrected chi connectivity index (χ1v) is 7.64. The third kappa shape index (κ3) is 5.04. The summed E-state index contributed by atoms with van der Waals surface area (Å²) in [5.41, 5.74) is 0.749. The zero-order valence-corrected chi connectivity index (χ0v) is 15.4. The van der Waals surface area contributed by atoms with E-state index in [4.69, 9.17) is 0 Å². The molecule has 2 N–H and O–H groups in total. The van der Waals surface area contributed by atoms with Crippen LogP contribution >= 0.6 is 24.8 Å². The van der Waals surface area contributed by atoms with Gasteiger partial charge in [0.1, 0.15) is 11.6 Å². The van der Waals surface area contributed by atoms with E-state index in [1.165, 1.54) is 6.07 Å². The molecule has 2 aromatic rings. The lowest BCUT2D eigenvalue weighted by Gasteiger charge is -2.32. The number of anilines is 2. The first kappa shape index (κ1) is 21.2. The number of carbonyl (C=O) groups is 1. The summed E-state index contributed by atoms with van der Waals surface area (Å²) < 4.78 is 13.8. The Kier molecular flexibility index (Phi) is 8.09. The van der Waals surface area contributed by atoms with Crippen LogP contribution in [-0.2, 0) is 0 Å². The van der Waals surface area contributed by atoms with Gasteiger partial charge in [0, 0.05) is 31.9 Å². The molecule has 5 nitrogen and oxygen atoms in total. The lowest BCUT2D eigenvalue weighted by atomic mass is 10.1. The van der Waals surface area contributed by atoms with Gasteiger partial charge >= 0.3 is 0 Å². The predicted octanol–water partition coefficient (Wildman–Crippen LogP) is 3.24. The van der Waals surface area contributed by atoms with E-state index in [9.17, 15) is 9.18 Å². The number of nitrogens with zero attached hydrogens (tertiary/aromatic N) is 2. The van der Waals surface area contributed by atoms with E-state index in [1.807, 2.05) is 6.92 Å². The van der Waals surface area contributed by atoms with Crippen molar-refractivity contribution < 1.29 is 9.18 Å². The number of amides is 1. The Morgan fingerprint density at radius 1 is 1.28 bits per heavy atom. The van der Waals surface area contributed by atoms with Gasteiger partial charge in [-0.15, -0.1) is 24.8 Å². The monoisotopic (exact) mass is 386 g/mol. The maximum absolute atomic E-state index is 13.8. The van der Waals surface area contributed by atoms with Crippen LogP contribution in [0.15, 0.2) is 42.6 Å². The molecule has 0 spiro atoms. The maximum atomic E-state index is 13.8. The van der Waals surface area contributed by atoms with Crippen LogP contribution in [-0.4, -0.2) is 41.5 Å². The second-order valence-corrected chi connectivity index (χ2v) is 5.61. The summed E-state index contributed by atoms with van der Waals surface area (Å²) >= 11 is 0. The van der Waals surface area contributed by atoms with Crippen molar-refractivity contribution in [3.63, 3.8) is 0 Å². The summed E-state index contributed by atoms with van der Waals surface area (Å²) in [6.07, 6.45) is 1.58. The Hall–Kier alpha value is -1.89. The Labute approximate surface area is 158 Å². The number of halogens is 3. The van der Waals surface area contributed by atoms with Crippen LogP contribution in [0.2, 0.25) is 0 Å². The molecule has 1 aromatic carbocycles. The first-order valence-electron chi connectivity index (χ1n) is 7.64. The highest BCUT2D eigenvalue weighted by molar-refractivity contribution is 5.99. The minimum absolute atomic E-state index is 0. The summed E-state index contributed by atoms with van der Waals surface area (Å²) in [4.78, 5) is 18.8. The van der Waals surface area contributed by atoms with Gasteiger partial charge in [-0.2, -0.15) is 0 Å². The van der Waals surface area contributed by atoms with Crippen molar-refractivity contribution in [2.24, 2.45) is 0 Å². The van der Waals surface area contributed by atoms with Crippen LogP contribution in [0, 0.1) is 5.82 Å². The summed E-state index contributed by atoms with van der Waals surface area (Å²) in [7, 11) is 0. The molecule has 1 aliphatic heterocycles. The Morgan fingerprint density at radius 3 is 2.76 bits per heavy atom. The van der Waals surface area contributed by atoms with Crippen LogP contribution in [0.25, 0.3) is 0 Å². The van der Waals surface area contributed by atoms with Crippen molar-refractivity contribution in [1.29, 1.82) is 0 Å². The topological polar surface area (TPSA) is 57.3 Å². The van der Waals surface area contributed by atoms with Crippen molar-refractivity contribution in [2.45, 2.75) is 13.0 Å².